The number of nitrogens with two attached hydrogens (primary N) is 2. The quantitative estimate of drug-likeness (QED) is 0.0505. The molecular weight excluding hydrogens is 532 g/mol. The maximum absolute atomic E-state index is 12.4. The molecule has 0 saturated carbocycles. The molecule has 2 aromatic rings. The van der Waals surface area contributed by atoms with E-state index in [2.05, 4.69) is 19.1 Å². The highest BCUT2D eigenvalue weighted by molar-refractivity contribution is 5.79. The summed E-state index contributed by atoms with van der Waals surface area (Å²) < 4.78 is 16.3. The Hall–Kier alpha value is -3.81. The SMILES string of the molecule is CCCCCC[C@H](C/C=C\CCCCCCCC(=O)Oc1ccc(N)cc1)OC(=O)CCC(=O)Oc1ccc(N)cc1. The molecule has 0 aromatic heterocycles. The van der Waals surface area contributed by atoms with E-state index in [9.17, 15) is 14.4 Å². The van der Waals surface area contributed by atoms with E-state index in [1.807, 2.05) is 0 Å². The van der Waals surface area contributed by atoms with Crippen LogP contribution in [0.1, 0.15) is 103 Å². The van der Waals surface area contributed by atoms with Gasteiger partial charge in [0.1, 0.15) is 17.6 Å². The van der Waals surface area contributed by atoms with Crippen LogP contribution in [0.2, 0.25) is 0 Å². The van der Waals surface area contributed by atoms with Crippen molar-refractivity contribution in [3.63, 3.8) is 0 Å². The molecule has 0 aliphatic carbocycles. The Balaban J connectivity index is 1.59. The molecule has 230 valence electrons. The average molecular weight is 581 g/mol. The number of esters is 3. The zero-order valence-corrected chi connectivity index (χ0v) is 25.1. The van der Waals surface area contributed by atoms with Crippen LogP contribution in [-0.4, -0.2) is 24.0 Å². The third-order valence-electron chi connectivity index (χ3n) is 6.75. The fraction of sp³-hybridized carbons (Fsp3) is 0.500. The monoisotopic (exact) mass is 580 g/mol. The minimum absolute atomic E-state index is 0.0118. The van der Waals surface area contributed by atoms with Gasteiger partial charge in [-0.2, -0.15) is 0 Å². The molecule has 0 amide bonds. The van der Waals surface area contributed by atoms with Gasteiger partial charge in [-0.25, -0.2) is 0 Å². The standard InChI is InChI=1S/C34H48N2O6/c1-2-3-4-11-14-29(40-33(38)25-26-34(39)42-31-23-19-28(36)20-24-31)15-12-9-7-5-6-8-10-13-16-32(37)41-30-21-17-27(35)18-22-30/h9,12,17-24,29H,2-8,10-11,13-16,25-26,35-36H2,1H3/b12-9-/t29-/m1/s1. The number of carbonyl (C=O) groups is 3. The van der Waals surface area contributed by atoms with Crippen molar-refractivity contribution in [2.24, 2.45) is 0 Å². The van der Waals surface area contributed by atoms with Crippen LogP contribution in [0.25, 0.3) is 0 Å². The number of carbonyl (C=O) groups excluding carboxylic acids is 3. The van der Waals surface area contributed by atoms with Crippen molar-refractivity contribution in [1.82, 2.24) is 0 Å². The van der Waals surface area contributed by atoms with Gasteiger partial charge in [0.25, 0.3) is 0 Å². The zero-order chi connectivity index (χ0) is 30.4. The molecule has 0 unspecified atom stereocenters. The summed E-state index contributed by atoms with van der Waals surface area (Å²) in [6.45, 7) is 2.17. The minimum atomic E-state index is -0.478. The van der Waals surface area contributed by atoms with Gasteiger partial charge in [0.05, 0.1) is 12.8 Å². The summed E-state index contributed by atoms with van der Waals surface area (Å²) in [5.74, 6) is -0.152. The number of nitrogen functional groups attached to an aromatic ring is 2. The molecular formula is C34H48N2O6. The smallest absolute Gasteiger partial charge is 0.311 e. The molecule has 1 atom stereocenters. The number of allylic oxidation sites excluding steroid dienone is 1. The van der Waals surface area contributed by atoms with Gasteiger partial charge in [0.2, 0.25) is 0 Å². The Kier molecular flexibility index (Phi) is 17.2. The van der Waals surface area contributed by atoms with Crippen molar-refractivity contribution in [1.29, 1.82) is 0 Å². The van der Waals surface area contributed by atoms with Crippen LogP contribution >= 0.6 is 0 Å². The first-order valence-electron chi connectivity index (χ1n) is 15.3. The fourth-order valence-electron chi connectivity index (χ4n) is 4.34. The van der Waals surface area contributed by atoms with E-state index in [0.717, 1.165) is 70.6 Å². The van der Waals surface area contributed by atoms with Gasteiger partial charge in [0, 0.05) is 24.2 Å². The topological polar surface area (TPSA) is 131 Å². The highest BCUT2D eigenvalue weighted by Crippen LogP contribution is 2.17. The zero-order valence-electron chi connectivity index (χ0n) is 25.1. The number of unbranched alkanes of at least 4 members (excludes halogenated alkanes) is 8. The molecule has 0 saturated heterocycles. The molecule has 2 rings (SSSR count). The molecule has 4 N–H and O–H groups in total. The fourth-order valence-corrected chi connectivity index (χ4v) is 4.34. The van der Waals surface area contributed by atoms with Crippen LogP contribution in [0.3, 0.4) is 0 Å². The molecule has 0 radical (unpaired) electrons. The molecule has 42 heavy (non-hydrogen) atoms. The molecule has 0 fully saturated rings. The van der Waals surface area contributed by atoms with Gasteiger partial charge in [-0.05, 0) is 80.6 Å². The van der Waals surface area contributed by atoms with Crippen molar-refractivity contribution >= 4 is 29.3 Å². The highest BCUT2D eigenvalue weighted by atomic mass is 16.5. The lowest BCUT2D eigenvalue weighted by Crippen LogP contribution is -2.19. The Morgan fingerprint density at radius 1 is 0.643 bits per heavy atom. The second-order valence-electron chi connectivity index (χ2n) is 10.6. The minimum Gasteiger partial charge on any atom is -0.462 e. The van der Waals surface area contributed by atoms with Crippen LogP contribution in [0, 0.1) is 0 Å². The van der Waals surface area contributed by atoms with Crippen LogP contribution in [0.15, 0.2) is 60.7 Å². The first-order valence-corrected chi connectivity index (χ1v) is 15.3. The highest BCUT2D eigenvalue weighted by Gasteiger charge is 2.15. The lowest BCUT2D eigenvalue weighted by atomic mass is 10.1. The lowest BCUT2D eigenvalue weighted by molar-refractivity contribution is -0.151. The van der Waals surface area contributed by atoms with Gasteiger partial charge >= 0.3 is 17.9 Å². The number of hydrogen-bond acceptors (Lipinski definition) is 8. The van der Waals surface area contributed by atoms with Crippen molar-refractivity contribution in [3.05, 3.63) is 60.7 Å². The van der Waals surface area contributed by atoms with Gasteiger partial charge < -0.3 is 25.7 Å². The summed E-state index contributed by atoms with van der Waals surface area (Å²) in [5, 5.41) is 0. The Morgan fingerprint density at radius 3 is 1.79 bits per heavy atom. The van der Waals surface area contributed by atoms with Crippen molar-refractivity contribution in [2.45, 2.75) is 109 Å². The number of ether oxygens (including phenoxy) is 3. The van der Waals surface area contributed by atoms with Crippen molar-refractivity contribution in [3.8, 4) is 11.5 Å². The second kappa shape index (κ2) is 21.0. The first kappa shape index (κ1) is 34.4. The van der Waals surface area contributed by atoms with E-state index in [1.54, 1.807) is 48.5 Å². The lowest BCUT2D eigenvalue weighted by Gasteiger charge is -2.16. The summed E-state index contributed by atoms with van der Waals surface area (Å²) in [5.41, 5.74) is 12.5. The molecule has 8 nitrogen and oxygen atoms in total. The summed E-state index contributed by atoms with van der Waals surface area (Å²) in [6.07, 6.45) is 16.3. The third-order valence-corrected chi connectivity index (χ3v) is 6.75. The van der Waals surface area contributed by atoms with E-state index in [0.29, 0.717) is 35.7 Å². The number of anilines is 2. The summed E-state index contributed by atoms with van der Waals surface area (Å²) in [4.78, 5) is 36.5. The molecule has 0 bridgehead atoms. The molecule has 0 aliphatic rings. The normalized spacial score (nSPS) is 11.7. The molecule has 2 aromatic carbocycles. The van der Waals surface area contributed by atoms with Crippen molar-refractivity contribution in [2.75, 3.05) is 11.5 Å². The molecule has 8 heteroatoms. The summed E-state index contributed by atoms with van der Waals surface area (Å²) in [7, 11) is 0. The van der Waals surface area contributed by atoms with Gasteiger partial charge in [-0.15, -0.1) is 0 Å². The second-order valence-corrected chi connectivity index (χ2v) is 10.6. The number of benzene rings is 2. The van der Waals surface area contributed by atoms with Crippen LogP contribution < -0.4 is 20.9 Å². The number of hydrogen-bond donors (Lipinski definition) is 2. The summed E-state index contributed by atoms with van der Waals surface area (Å²) >= 11 is 0. The van der Waals surface area contributed by atoms with Crippen LogP contribution in [-0.2, 0) is 19.1 Å². The average Bonchev–Trinajstić information content (AvgIpc) is 2.97. The van der Waals surface area contributed by atoms with Crippen molar-refractivity contribution < 1.29 is 28.6 Å². The van der Waals surface area contributed by atoms with Crippen LogP contribution in [0.5, 0.6) is 11.5 Å². The molecule has 0 heterocycles. The van der Waals surface area contributed by atoms with Gasteiger partial charge in [-0.3, -0.25) is 14.4 Å². The van der Waals surface area contributed by atoms with E-state index in [1.165, 1.54) is 0 Å². The number of rotatable bonds is 21. The Morgan fingerprint density at radius 2 is 1.17 bits per heavy atom. The maximum atomic E-state index is 12.4. The summed E-state index contributed by atoms with van der Waals surface area (Å²) in [6, 6.07) is 13.4. The third kappa shape index (κ3) is 16.5. The van der Waals surface area contributed by atoms with E-state index < -0.39 is 5.97 Å². The van der Waals surface area contributed by atoms with E-state index >= 15 is 0 Å². The van der Waals surface area contributed by atoms with Gasteiger partial charge in [-0.1, -0.05) is 57.6 Å². The first-order chi connectivity index (χ1) is 20.4. The predicted octanol–water partition coefficient (Wildman–Crippen LogP) is 7.70. The largest absolute Gasteiger partial charge is 0.462 e. The predicted molar refractivity (Wildman–Crippen MR) is 167 cm³/mol. The van der Waals surface area contributed by atoms with Gasteiger partial charge in [0.15, 0.2) is 0 Å². The maximum Gasteiger partial charge on any atom is 0.311 e. The Bertz CT molecular complexity index is 1080. The molecule has 0 spiro atoms. The van der Waals surface area contributed by atoms with E-state index in [-0.39, 0.29) is 30.9 Å². The molecule has 0 aliphatic heterocycles. The van der Waals surface area contributed by atoms with E-state index in [4.69, 9.17) is 25.7 Å². The van der Waals surface area contributed by atoms with Crippen LogP contribution in [0.4, 0.5) is 11.4 Å². The Labute approximate surface area is 250 Å².